The van der Waals surface area contributed by atoms with Crippen LogP contribution in [0.15, 0.2) is 48.5 Å². The molecule has 28 heavy (non-hydrogen) atoms. The van der Waals surface area contributed by atoms with E-state index in [1.807, 2.05) is 31.3 Å². The van der Waals surface area contributed by atoms with Crippen molar-refractivity contribution in [3.8, 4) is 0 Å². The number of benzene rings is 2. The number of halogens is 1. The van der Waals surface area contributed by atoms with Crippen LogP contribution >= 0.6 is 0 Å². The smallest absolute Gasteiger partial charge is 0.224 e. The van der Waals surface area contributed by atoms with Gasteiger partial charge in [0.2, 0.25) is 11.9 Å². The van der Waals surface area contributed by atoms with E-state index in [2.05, 4.69) is 20.9 Å². The summed E-state index contributed by atoms with van der Waals surface area (Å²) in [5, 5.41) is 2.98. The first-order valence-electron chi connectivity index (χ1n) is 9.81. The normalized spacial score (nSPS) is 17.1. The number of aryl methyl sites for hydroxylation is 1. The van der Waals surface area contributed by atoms with E-state index in [1.165, 1.54) is 6.07 Å². The number of aromatic nitrogens is 2. The van der Waals surface area contributed by atoms with Crippen molar-refractivity contribution in [1.29, 1.82) is 0 Å². The summed E-state index contributed by atoms with van der Waals surface area (Å²) in [6, 6.07) is 14.8. The van der Waals surface area contributed by atoms with Gasteiger partial charge in [0.1, 0.15) is 5.82 Å². The van der Waals surface area contributed by atoms with E-state index in [9.17, 15) is 9.18 Å². The Morgan fingerprint density at radius 1 is 1.21 bits per heavy atom. The maximum Gasteiger partial charge on any atom is 0.224 e. The Morgan fingerprint density at radius 3 is 2.82 bits per heavy atom. The summed E-state index contributed by atoms with van der Waals surface area (Å²) in [5.74, 6) is 0.654. The third-order valence-corrected chi connectivity index (χ3v) is 5.49. The van der Waals surface area contributed by atoms with E-state index in [-0.39, 0.29) is 17.6 Å². The van der Waals surface area contributed by atoms with Gasteiger partial charge in [-0.2, -0.15) is 0 Å². The predicted molar refractivity (Wildman–Crippen MR) is 109 cm³/mol. The van der Waals surface area contributed by atoms with Gasteiger partial charge in [-0.3, -0.25) is 4.79 Å². The lowest BCUT2D eigenvalue weighted by Gasteiger charge is -2.32. The van der Waals surface area contributed by atoms with Crippen molar-refractivity contribution in [2.24, 2.45) is 13.0 Å². The first-order valence-corrected chi connectivity index (χ1v) is 9.81. The van der Waals surface area contributed by atoms with Crippen LogP contribution in [0.1, 0.15) is 18.4 Å². The fraction of sp³-hybridized carbons (Fsp3) is 0.364. The molecule has 1 aromatic heterocycles. The minimum atomic E-state index is -0.220. The van der Waals surface area contributed by atoms with Gasteiger partial charge < -0.3 is 14.8 Å². The predicted octanol–water partition coefficient (Wildman–Crippen LogP) is 3.29. The van der Waals surface area contributed by atoms with Crippen LogP contribution in [-0.2, 0) is 18.3 Å². The Bertz CT molecular complexity index is 984. The Labute approximate surface area is 164 Å². The Kier molecular flexibility index (Phi) is 5.28. The molecular weight excluding hydrogens is 355 g/mol. The molecule has 0 aliphatic carbocycles. The van der Waals surface area contributed by atoms with E-state index in [0.29, 0.717) is 25.1 Å². The number of imidazole rings is 1. The molecule has 0 unspecified atom stereocenters. The molecule has 146 valence electrons. The second-order valence-electron chi connectivity index (χ2n) is 7.38. The number of amides is 1. The molecule has 3 aromatic rings. The molecule has 6 heteroatoms. The number of nitrogens with one attached hydrogen (secondary N) is 1. The largest absolute Gasteiger partial charge is 0.355 e. The highest BCUT2D eigenvalue weighted by atomic mass is 19.1. The van der Waals surface area contributed by atoms with Gasteiger partial charge in [-0.05, 0) is 43.0 Å². The van der Waals surface area contributed by atoms with Crippen molar-refractivity contribution >= 4 is 22.9 Å². The Hall–Kier alpha value is -2.89. The summed E-state index contributed by atoms with van der Waals surface area (Å²) in [6.45, 7) is 2.00. The zero-order chi connectivity index (χ0) is 19.5. The van der Waals surface area contributed by atoms with Gasteiger partial charge >= 0.3 is 0 Å². The SMILES string of the molecule is Cn1c(N2CCC[C@@H](C(=O)NCCc3ccccc3F)C2)nc2ccccc21. The number of nitrogens with zero attached hydrogens (tertiary/aromatic N) is 3. The van der Waals surface area contributed by atoms with Gasteiger partial charge in [0.15, 0.2) is 0 Å². The van der Waals surface area contributed by atoms with E-state index in [4.69, 9.17) is 4.98 Å². The van der Waals surface area contributed by atoms with E-state index in [1.54, 1.807) is 12.1 Å². The standard InChI is InChI=1S/C22H25FN4O/c1-26-20-11-5-4-10-19(20)25-22(26)27-14-6-8-17(15-27)21(28)24-13-12-16-7-2-3-9-18(16)23/h2-5,7,9-11,17H,6,8,12-15H2,1H3,(H,24,28)/t17-/m1/s1. The number of rotatable bonds is 5. The summed E-state index contributed by atoms with van der Waals surface area (Å²) >= 11 is 0. The fourth-order valence-corrected chi connectivity index (χ4v) is 3.95. The molecule has 1 fully saturated rings. The summed E-state index contributed by atoms with van der Waals surface area (Å²) in [6.07, 6.45) is 2.32. The molecule has 1 aliphatic rings. The third-order valence-electron chi connectivity index (χ3n) is 5.49. The highest BCUT2D eigenvalue weighted by Gasteiger charge is 2.28. The second kappa shape index (κ2) is 8.00. The van der Waals surface area contributed by atoms with Gasteiger partial charge in [-0.25, -0.2) is 9.37 Å². The van der Waals surface area contributed by atoms with Gasteiger partial charge in [-0.15, -0.1) is 0 Å². The molecule has 0 bridgehead atoms. The van der Waals surface area contributed by atoms with Crippen LogP contribution in [0, 0.1) is 11.7 Å². The van der Waals surface area contributed by atoms with Crippen LogP contribution in [-0.4, -0.2) is 35.1 Å². The number of piperidine rings is 1. The molecule has 5 nitrogen and oxygen atoms in total. The van der Waals surface area contributed by atoms with Crippen molar-refractivity contribution in [2.45, 2.75) is 19.3 Å². The lowest BCUT2D eigenvalue weighted by atomic mass is 9.97. The molecular formula is C22H25FN4O. The highest BCUT2D eigenvalue weighted by Crippen LogP contribution is 2.26. The Balaban J connectivity index is 1.38. The zero-order valence-corrected chi connectivity index (χ0v) is 16.1. The number of para-hydroxylation sites is 2. The average Bonchev–Trinajstić information content (AvgIpc) is 3.06. The summed E-state index contributed by atoms with van der Waals surface area (Å²) in [4.78, 5) is 19.6. The van der Waals surface area contributed by atoms with E-state index >= 15 is 0 Å². The quantitative estimate of drug-likeness (QED) is 0.739. The van der Waals surface area contributed by atoms with Crippen LogP contribution in [0.4, 0.5) is 10.3 Å². The van der Waals surface area contributed by atoms with Crippen molar-refractivity contribution in [2.75, 3.05) is 24.5 Å². The maximum absolute atomic E-state index is 13.7. The van der Waals surface area contributed by atoms with Crippen LogP contribution < -0.4 is 10.2 Å². The number of hydrogen-bond acceptors (Lipinski definition) is 3. The first kappa shape index (κ1) is 18.5. The topological polar surface area (TPSA) is 50.2 Å². The van der Waals surface area contributed by atoms with Gasteiger partial charge in [0, 0.05) is 26.7 Å². The summed E-state index contributed by atoms with van der Waals surface area (Å²) in [5.41, 5.74) is 2.69. The highest BCUT2D eigenvalue weighted by molar-refractivity contribution is 5.81. The van der Waals surface area contributed by atoms with Gasteiger partial charge in [0.25, 0.3) is 0 Å². The monoisotopic (exact) mass is 380 g/mol. The minimum Gasteiger partial charge on any atom is -0.355 e. The van der Waals surface area contributed by atoms with Crippen LogP contribution in [0.2, 0.25) is 0 Å². The van der Waals surface area contributed by atoms with E-state index in [0.717, 1.165) is 36.4 Å². The molecule has 2 aromatic carbocycles. The number of hydrogen-bond donors (Lipinski definition) is 1. The second-order valence-corrected chi connectivity index (χ2v) is 7.38. The maximum atomic E-state index is 13.7. The van der Waals surface area contributed by atoms with Crippen molar-refractivity contribution in [1.82, 2.24) is 14.9 Å². The molecule has 0 spiro atoms. The van der Waals surface area contributed by atoms with Crippen LogP contribution in [0.5, 0.6) is 0 Å². The molecule has 1 N–H and O–H groups in total. The molecule has 2 heterocycles. The molecule has 0 saturated carbocycles. The first-order chi connectivity index (χ1) is 13.6. The lowest BCUT2D eigenvalue weighted by molar-refractivity contribution is -0.125. The van der Waals surface area contributed by atoms with Crippen molar-refractivity contribution in [3.05, 3.63) is 59.9 Å². The lowest BCUT2D eigenvalue weighted by Crippen LogP contribution is -2.44. The average molecular weight is 380 g/mol. The minimum absolute atomic E-state index is 0.0415. The third kappa shape index (κ3) is 3.72. The molecule has 4 rings (SSSR count). The van der Waals surface area contributed by atoms with Crippen molar-refractivity contribution in [3.63, 3.8) is 0 Å². The van der Waals surface area contributed by atoms with Crippen LogP contribution in [0.3, 0.4) is 0 Å². The molecule has 1 saturated heterocycles. The zero-order valence-electron chi connectivity index (χ0n) is 16.1. The van der Waals surface area contributed by atoms with Gasteiger partial charge in [0.05, 0.1) is 17.0 Å². The molecule has 0 radical (unpaired) electrons. The molecule has 1 atom stereocenters. The molecule has 1 amide bonds. The number of anilines is 1. The van der Waals surface area contributed by atoms with Crippen LogP contribution in [0.25, 0.3) is 11.0 Å². The Morgan fingerprint density at radius 2 is 2.00 bits per heavy atom. The summed E-state index contributed by atoms with van der Waals surface area (Å²) < 4.78 is 15.8. The molecule has 1 aliphatic heterocycles. The van der Waals surface area contributed by atoms with E-state index < -0.39 is 0 Å². The van der Waals surface area contributed by atoms with Crippen molar-refractivity contribution < 1.29 is 9.18 Å². The fourth-order valence-electron chi connectivity index (χ4n) is 3.95. The number of carbonyl (C=O) groups is 1. The van der Waals surface area contributed by atoms with Gasteiger partial charge in [-0.1, -0.05) is 30.3 Å². The summed E-state index contributed by atoms with van der Waals surface area (Å²) in [7, 11) is 2.02. The number of fused-ring (bicyclic) bond motifs is 1. The number of carbonyl (C=O) groups excluding carboxylic acids is 1.